The Hall–Kier alpha value is -1.81. The van der Waals surface area contributed by atoms with Crippen molar-refractivity contribution in [1.82, 2.24) is 15.1 Å². The fourth-order valence-corrected chi connectivity index (χ4v) is 2.02. The molecule has 1 aromatic carbocycles. The molecule has 0 aliphatic rings. The van der Waals surface area contributed by atoms with Crippen molar-refractivity contribution in [3.63, 3.8) is 0 Å². The molecular weight excluding hydrogens is 238 g/mol. The summed E-state index contributed by atoms with van der Waals surface area (Å²) in [6.45, 7) is 6.34. The van der Waals surface area contributed by atoms with E-state index in [1.54, 1.807) is 0 Å². The summed E-state index contributed by atoms with van der Waals surface area (Å²) in [6, 6.07) is 10.4. The lowest BCUT2D eigenvalue weighted by Gasteiger charge is -2.08. The lowest BCUT2D eigenvalue weighted by molar-refractivity contribution is 0.309. The van der Waals surface area contributed by atoms with Crippen LogP contribution in [0.4, 0.5) is 0 Å². The molecule has 0 saturated heterocycles. The van der Waals surface area contributed by atoms with Crippen LogP contribution in [0.25, 0.3) is 0 Å². The molecule has 0 spiro atoms. The second kappa shape index (κ2) is 6.38. The number of hydrogen-bond acceptors (Lipinski definition) is 3. The molecule has 2 rings (SSSR count). The normalized spacial score (nSPS) is 10.7. The Bertz CT molecular complexity index is 520. The summed E-state index contributed by atoms with van der Waals surface area (Å²) in [7, 11) is 1.93. The maximum atomic E-state index is 5.78. The summed E-state index contributed by atoms with van der Waals surface area (Å²) in [4.78, 5) is 0. The summed E-state index contributed by atoms with van der Waals surface area (Å²) in [5.74, 6) is 0.906. The number of hydrogen-bond donors (Lipinski definition) is 1. The molecule has 2 aromatic rings. The van der Waals surface area contributed by atoms with Crippen molar-refractivity contribution in [3.8, 4) is 5.75 Å². The van der Waals surface area contributed by atoms with Crippen LogP contribution in [0.3, 0.4) is 0 Å². The van der Waals surface area contributed by atoms with Crippen molar-refractivity contribution < 1.29 is 4.74 Å². The summed E-state index contributed by atoms with van der Waals surface area (Å²) in [5, 5.41) is 7.69. The van der Waals surface area contributed by atoms with Gasteiger partial charge in [0.15, 0.2) is 5.75 Å². The third-order valence-corrected chi connectivity index (χ3v) is 3.14. The fourth-order valence-electron chi connectivity index (χ4n) is 2.02. The van der Waals surface area contributed by atoms with Crippen LogP contribution < -0.4 is 10.1 Å². The first-order chi connectivity index (χ1) is 9.18. The lowest BCUT2D eigenvalue weighted by Crippen LogP contribution is -2.20. The number of nitrogens with one attached hydrogen (secondary N) is 1. The van der Waals surface area contributed by atoms with Gasteiger partial charge in [-0.15, -0.1) is 0 Å². The molecule has 1 N–H and O–H groups in total. The first-order valence-electron chi connectivity index (χ1n) is 6.56. The Balaban J connectivity index is 1.72. The number of nitrogens with zero attached hydrogens (tertiary/aromatic N) is 2. The SMILES string of the molecule is Cc1nn(C)c(C)c1OCCNCc1ccccc1. The molecule has 1 aromatic heterocycles. The maximum Gasteiger partial charge on any atom is 0.163 e. The minimum atomic E-state index is 0.653. The first kappa shape index (κ1) is 13.6. The second-order valence-electron chi connectivity index (χ2n) is 4.63. The van der Waals surface area contributed by atoms with Gasteiger partial charge in [-0.3, -0.25) is 4.68 Å². The third kappa shape index (κ3) is 3.58. The van der Waals surface area contributed by atoms with E-state index in [9.17, 15) is 0 Å². The van der Waals surface area contributed by atoms with Crippen LogP contribution in [-0.4, -0.2) is 22.9 Å². The zero-order valence-corrected chi connectivity index (χ0v) is 11.8. The van der Waals surface area contributed by atoms with E-state index in [1.807, 2.05) is 31.6 Å². The van der Waals surface area contributed by atoms with Gasteiger partial charge in [-0.1, -0.05) is 30.3 Å². The smallest absolute Gasteiger partial charge is 0.163 e. The molecule has 0 saturated carbocycles. The van der Waals surface area contributed by atoms with E-state index >= 15 is 0 Å². The second-order valence-corrected chi connectivity index (χ2v) is 4.63. The lowest BCUT2D eigenvalue weighted by atomic mass is 10.2. The molecule has 0 bridgehead atoms. The van der Waals surface area contributed by atoms with Crippen LogP contribution in [-0.2, 0) is 13.6 Å². The third-order valence-electron chi connectivity index (χ3n) is 3.14. The minimum absolute atomic E-state index is 0.653. The van der Waals surface area contributed by atoms with E-state index in [4.69, 9.17) is 4.74 Å². The van der Waals surface area contributed by atoms with Gasteiger partial charge in [0.05, 0.1) is 5.69 Å². The summed E-state index contributed by atoms with van der Waals surface area (Å²) >= 11 is 0. The van der Waals surface area contributed by atoms with Crippen molar-refractivity contribution in [2.24, 2.45) is 7.05 Å². The van der Waals surface area contributed by atoms with Crippen molar-refractivity contribution in [1.29, 1.82) is 0 Å². The molecule has 0 fully saturated rings. The first-order valence-corrected chi connectivity index (χ1v) is 6.56. The van der Waals surface area contributed by atoms with Crippen LogP contribution in [0.15, 0.2) is 30.3 Å². The molecule has 0 aliphatic heterocycles. The Kier molecular flexibility index (Phi) is 4.58. The minimum Gasteiger partial charge on any atom is -0.488 e. The predicted octanol–water partition coefficient (Wildman–Crippen LogP) is 2.21. The molecule has 4 nitrogen and oxygen atoms in total. The summed E-state index contributed by atoms with van der Waals surface area (Å²) < 4.78 is 7.63. The van der Waals surface area contributed by atoms with Gasteiger partial charge < -0.3 is 10.1 Å². The number of ether oxygens (including phenoxy) is 1. The van der Waals surface area contributed by atoms with Crippen molar-refractivity contribution in [2.45, 2.75) is 20.4 Å². The zero-order valence-electron chi connectivity index (χ0n) is 11.8. The van der Waals surface area contributed by atoms with E-state index in [0.29, 0.717) is 6.61 Å². The standard InChI is InChI=1S/C15H21N3O/c1-12-15(13(2)18(3)17-12)19-10-9-16-11-14-7-5-4-6-8-14/h4-8,16H,9-11H2,1-3H3. The molecule has 4 heteroatoms. The molecule has 1 heterocycles. The number of benzene rings is 1. The number of aromatic nitrogens is 2. The molecule has 19 heavy (non-hydrogen) atoms. The molecule has 0 radical (unpaired) electrons. The average molecular weight is 259 g/mol. The zero-order chi connectivity index (χ0) is 13.7. The fraction of sp³-hybridized carbons (Fsp3) is 0.400. The largest absolute Gasteiger partial charge is 0.488 e. The van der Waals surface area contributed by atoms with Gasteiger partial charge in [0.2, 0.25) is 0 Å². The van der Waals surface area contributed by atoms with Crippen LogP contribution in [0.1, 0.15) is 17.0 Å². The molecule has 102 valence electrons. The number of rotatable bonds is 6. The molecule has 0 amide bonds. The maximum absolute atomic E-state index is 5.78. The van der Waals surface area contributed by atoms with E-state index in [2.05, 4.69) is 34.7 Å². The molecule has 0 aliphatic carbocycles. The highest BCUT2D eigenvalue weighted by atomic mass is 16.5. The Morgan fingerprint density at radius 2 is 1.95 bits per heavy atom. The Morgan fingerprint density at radius 1 is 1.21 bits per heavy atom. The topological polar surface area (TPSA) is 39.1 Å². The van der Waals surface area contributed by atoms with Crippen LogP contribution >= 0.6 is 0 Å². The highest BCUT2D eigenvalue weighted by Gasteiger charge is 2.09. The van der Waals surface area contributed by atoms with Crippen molar-refractivity contribution in [2.75, 3.05) is 13.2 Å². The molecule has 0 unspecified atom stereocenters. The monoisotopic (exact) mass is 259 g/mol. The van der Waals surface area contributed by atoms with Crippen molar-refractivity contribution >= 4 is 0 Å². The summed E-state index contributed by atoms with van der Waals surface area (Å²) in [5.41, 5.74) is 3.31. The van der Waals surface area contributed by atoms with Gasteiger partial charge in [0, 0.05) is 20.1 Å². The van der Waals surface area contributed by atoms with Crippen molar-refractivity contribution in [3.05, 3.63) is 47.3 Å². The van der Waals surface area contributed by atoms with Gasteiger partial charge in [-0.25, -0.2) is 0 Å². The van der Waals surface area contributed by atoms with Gasteiger partial charge in [-0.2, -0.15) is 5.10 Å². The highest BCUT2D eigenvalue weighted by Crippen LogP contribution is 2.20. The molecular formula is C15H21N3O. The van der Waals surface area contributed by atoms with Gasteiger partial charge in [0.25, 0.3) is 0 Å². The highest BCUT2D eigenvalue weighted by molar-refractivity contribution is 5.31. The average Bonchev–Trinajstić information content (AvgIpc) is 2.65. The summed E-state index contributed by atoms with van der Waals surface area (Å²) in [6.07, 6.45) is 0. The Morgan fingerprint density at radius 3 is 2.58 bits per heavy atom. The quantitative estimate of drug-likeness (QED) is 0.808. The van der Waals surface area contributed by atoms with E-state index in [-0.39, 0.29) is 0 Å². The number of aryl methyl sites for hydroxylation is 2. The van der Waals surface area contributed by atoms with Gasteiger partial charge >= 0.3 is 0 Å². The van der Waals surface area contributed by atoms with Gasteiger partial charge in [0.1, 0.15) is 12.3 Å². The molecule has 0 atom stereocenters. The Labute approximate surface area is 114 Å². The van der Waals surface area contributed by atoms with E-state index in [0.717, 1.165) is 30.2 Å². The van der Waals surface area contributed by atoms with E-state index in [1.165, 1.54) is 5.56 Å². The van der Waals surface area contributed by atoms with E-state index < -0.39 is 0 Å². The van der Waals surface area contributed by atoms with Crippen LogP contribution in [0.2, 0.25) is 0 Å². The van der Waals surface area contributed by atoms with Crippen LogP contribution in [0.5, 0.6) is 5.75 Å². The van der Waals surface area contributed by atoms with Crippen LogP contribution in [0, 0.1) is 13.8 Å². The van der Waals surface area contributed by atoms with Gasteiger partial charge in [-0.05, 0) is 19.4 Å². The predicted molar refractivity (Wildman–Crippen MR) is 76.3 cm³/mol.